The summed E-state index contributed by atoms with van der Waals surface area (Å²) < 4.78 is 4.89. The first kappa shape index (κ1) is 7.53. The Bertz CT molecular complexity index is 508. The van der Waals surface area contributed by atoms with Gasteiger partial charge in [0.2, 0.25) is 0 Å². The molecular formula is C7H5N3O3. The Morgan fingerprint density at radius 1 is 1.38 bits per heavy atom. The van der Waals surface area contributed by atoms with E-state index in [1.807, 2.05) is 0 Å². The van der Waals surface area contributed by atoms with Crippen molar-refractivity contribution in [2.75, 3.05) is 0 Å². The molecule has 2 N–H and O–H groups in total. The van der Waals surface area contributed by atoms with Crippen molar-refractivity contribution in [3.8, 4) is 11.3 Å². The minimum atomic E-state index is -0.548. The number of oxazole rings is 1. The van der Waals surface area contributed by atoms with Crippen LogP contribution in [0.5, 0.6) is 0 Å². The van der Waals surface area contributed by atoms with Crippen LogP contribution in [0.25, 0.3) is 11.3 Å². The van der Waals surface area contributed by atoms with Crippen LogP contribution in [0.2, 0.25) is 0 Å². The molecule has 2 aromatic rings. The van der Waals surface area contributed by atoms with Gasteiger partial charge in [-0.15, -0.1) is 0 Å². The Morgan fingerprint density at radius 2 is 2.23 bits per heavy atom. The van der Waals surface area contributed by atoms with Crippen LogP contribution < -0.4 is 11.2 Å². The van der Waals surface area contributed by atoms with Gasteiger partial charge < -0.3 is 9.40 Å². The van der Waals surface area contributed by atoms with Crippen LogP contribution in [0.4, 0.5) is 0 Å². The number of nitrogens with zero attached hydrogens (tertiary/aromatic N) is 1. The maximum absolute atomic E-state index is 11.2. The lowest BCUT2D eigenvalue weighted by Gasteiger charge is -1.91. The molecule has 2 heterocycles. The van der Waals surface area contributed by atoms with E-state index in [-0.39, 0.29) is 5.56 Å². The third-order valence-electron chi connectivity index (χ3n) is 1.52. The first-order chi connectivity index (χ1) is 6.27. The minimum Gasteiger partial charge on any atom is -0.443 e. The summed E-state index contributed by atoms with van der Waals surface area (Å²) in [6.07, 6.45) is 3.88. The Morgan fingerprint density at radius 3 is 2.85 bits per heavy atom. The highest BCUT2D eigenvalue weighted by molar-refractivity contribution is 5.52. The topological polar surface area (TPSA) is 91.8 Å². The van der Waals surface area contributed by atoms with Crippen LogP contribution in [-0.2, 0) is 0 Å². The Hall–Kier alpha value is -2.11. The molecule has 6 heteroatoms. The molecule has 6 nitrogen and oxygen atoms in total. The van der Waals surface area contributed by atoms with Crippen LogP contribution >= 0.6 is 0 Å². The number of H-pyrrole nitrogens is 2. The fraction of sp³-hybridized carbons (Fsp3) is 0. The summed E-state index contributed by atoms with van der Waals surface area (Å²) in [5, 5.41) is 0. The highest BCUT2D eigenvalue weighted by Gasteiger charge is 2.05. The SMILES string of the molecule is O=c1[nH]cc(-c2cnco2)c(=O)[nH]1. The number of aromatic amines is 2. The van der Waals surface area contributed by atoms with Crippen molar-refractivity contribution in [3.63, 3.8) is 0 Å². The number of hydrogen-bond acceptors (Lipinski definition) is 4. The van der Waals surface area contributed by atoms with Gasteiger partial charge in [-0.2, -0.15) is 0 Å². The van der Waals surface area contributed by atoms with Crippen molar-refractivity contribution in [1.29, 1.82) is 0 Å². The number of nitrogens with one attached hydrogen (secondary N) is 2. The van der Waals surface area contributed by atoms with Crippen LogP contribution in [0.1, 0.15) is 0 Å². The second kappa shape index (κ2) is 2.74. The van der Waals surface area contributed by atoms with Crippen molar-refractivity contribution in [3.05, 3.63) is 39.6 Å². The molecule has 0 aliphatic heterocycles. The van der Waals surface area contributed by atoms with Crippen molar-refractivity contribution in [2.45, 2.75) is 0 Å². The molecule has 0 bridgehead atoms. The summed E-state index contributed by atoms with van der Waals surface area (Å²) in [6.45, 7) is 0. The zero-order valence-electron chi connectivity index (χ0n) is 6.40. The summed E-state index contributed by atoms with van der Waals surface area (Å²) in [7, 11) is 0. The number of rotatable bonds is 1. The van der Waals surface area contributed by atoms with Gasteiger partial charge in [0.15, 0.2) is 12.2 Å². The fourth-order valence-electron chi connectivity index (χ4n) is 0.942. The molecule has 0 atom stereocenters. The van der Waals surface area contributed by atoms with Crippen LogP contribution in [-0.4, -0.2) is 15.0 Å². The molecule has 0 radical (unpaired) electrons. The van der Waals surface area contributed by atoms with E-state index < -0.39 is 11.2 Å². The summed E-state index contributed by atoms with van der Waals surface area (Å²) in [5.74, 6) is 0.317. The molecule has 0 aliphatic rings. The van der Waals surface area contributed by atoms with E-state index in [1.165, 1.54) is 18.8 Å². The molecule has 0 unspecified atom stereocenters. The predicted molar refractivity (Wildman–Crippen MR) is 43.2 cm³/mol. The molecule has 13 heavy (non-hydrogen) atoms. The van der Waals surface area contributed by atoms with Gasteiger partial charge in [0.05, 0.1) is 6.20 Å². The van der Waals surface area contributed by atoms with Gasteiger partial charge in [-0.1, -0.05) is 0 Å². The molecule has 0 fully saturated rings. The van der Waals surface area contributed by atoms with Gasteiger partial charge in [0.1, 0.15) is 5.56 Å². The zero-order valence-corrected chi connectivity index (χ0v) is 6.40. The van der Waals surface area contributed by atoms with E-state index in [9.17, 15) is 9.59 Å². The molecule has 2 aromatic heterocycles. The maximum atomic E-state index is 11.2. The Labute approximate surface area is 71.3 Å². The summed E-state index contributed by atoms with van der Waals surface area (Å²) in [6, 6.07) is 0. The average molecular weight is 179 g/mol. The highest BCUT2D eigenvalue weighted by atomic mass is 16.3. The monoisotopic (exact) mass is 179 g/mol. The van der Waals surface area contributed by atoms with E-state index in [0.717, 1.165) is 0 Å². The number of aromatic nitrogens is 3. The molecule has 66 valence electrons. The normalized spacial score (nSPS) is 10.2. The van der Waals surface area contributed by atoms with Crippen molar-refractivity contribution in [2.24, 2.45) is 0 Å². The lowest BCUT2D eigenvalue weighted by molar-refractivity contribution is 0.570. The summed E-state index contributed by atoms with van der Waals surface area (Å²) >= 11 is 0. The fourth-order valence-corrected chi connectivity index (χ4v) is 0.942. The first-order valence-electron chi connectivity index (χ1n) is 3.48. The molecule has 0 saturated heterocycles. The van der Waals surface area contributed by atoms with Crippen molar-refractivity contribution >= 4 is 0 Å². The van der Waals surface area contributed by atoms with E-state index >= 15 is 0 Å². The summed E-state index contributed by atoms with van der Waals surface area (Å²) in [5.41, 5.74) is -0.800. The largest absolute Gasteiger partial charge is 0.443 e. The standard InChI is InChI=1S/C7H5N3O3/c11-6-4(1-9-7(12)10-6)5-2-8-3-13-5/h1-3H,(H2,9,10,11,12). The zero-order chi connectivity index (χ0) is 9.26. The van der Waals surface area contributed by atoms with Crippen LogP contribution in [0, 0.1) is 0 Å². The lowest BCUT2D eigenvalue weighted by Crippen LogP contribution is -2.22. The van der Waals surface area contributed by atoms with Gasteiger partial charge in [0, 0.05) is 6.20 Å². The van der Waals surface area contributed by atoms with Crippen molar-refractivity contribution in [1.82, 2.24) is 15.0 Å². The minimum absolute atomic E-state index is 0.247. The molecule has 0 spiro atoms. The quantitative estimate of drug-likeness (QED) is 0.629. The Kier molecular flexibility index (Phi) is 1.59. The third kappa shape index (κ3) is 1.28. The van der Waals surface area contributed by atoms with Gasteiger partial charge in [-0.05, 0) is 0 Å². The second-order valence-corrected chi connectivity index (χ2v) is 2.35. The van der Waals surface area contributed by atoms with Crippen LogP contribution in [0.3, 0.4) is 0 Å². The molecule has 0 saturated carbocycles. The highest BCUT2D eigenvalue weighted by Crippen LogP contribution is 2.10. The predicted octanol–water partition coefficient (Wildman–Crippen LogP) is -0.282. The third-order valence-corrected chi connectivity index (χ3v) is 1.52. The van der Waals surface area contributed by atoms with E-state index in [0.29, 0.717) is 5.76 Å². The average Bonchev–Trinajstić information content (AvgIpc) is 2.56. The van der Waals surface area contributed by atoms with Gasteiger partial charge in [-0.3, -0.25) is 9.78 Å². The molecule has 0 amide bonds. The van der Waals surface area contributed by atoms with Crippen LogP contribution in [0.15, 0.2) is 32.8 Å². The smallest absolute Gasteiger partial charge is 0.325 e. The van der Waals surface area contributed by atoms with Gasteiger partial charge in [0.25, 0.3) is 5.56 Å². The van der Waals surface area contributed by atoms with Gasteiger partial charge >= 0.3 is 5.69 Å². The first-order valence-corrected chi connectivity index (χ1v) is 3.48. The molecular weight excluding hydrogens is 174 g/mol. The molecule has 0 aliphatic carbocycles. The van der Waals surface area contributed by atoms with Crippen molar-refractivity contribution < 1.29 is 4.42 Å². The number of hydrogen-bond donors (Lipinski definition) is 2. The maximum Gasteiger partial charge on any atom is 0.325 e. The molecule has 0 aromatic carbocycles. The van der Waals surface area contributed by atoms with E-state index in [2.05, 4.69) is 15.0 Å². The lowest BCUT2D eigenvalue weighted by atomic mass is 10.3. The Balaban J connectivity index is 2.67. The van der Waals surface area contributed by atoms with Gasteiger partial charge in [-0.25, -0.2) is 9.78 Å². The van der Waals surface area contributed by atoms with E-state index in [4.69, 9.17) is 4.42 Å². The van der Waals surface area contributed by atoms with E-state index in [1.54, 1.807) is 0 Å². The second-order valence-electron chi connectivity index (χ2n) is 2.35. The summed E-state index contributed by atoms with van der Waals surface area (Å²) in [4.78, 5) is 29.9. The molecule has 2 rings (SSSR count).